The van der Waals surface area contributed by atoms with E-state index in [9.17, 15) is 9.59 Å². The van der Waals surface area contributed by atoms with Gasteiger partial charge in [-0.1, -0.05) is 27.7 Å². The Hall–Kier alpha value is -0.595. The van der Waals surface area contributed by atoms with Crippen LogP contribution in [-0.4, -0.2) is 19.4 Å². The fourth-order valence-corrected chi connectivity index (χ4v) is 1.82. The lowest BCUT2D eigenvalue weighted by molar-refractivity contribution is -0.129. The van der Waals surface area contributed by atoms with E-state index in [0.29, 0.717) is 0 Å². The topological polar surface area (TPSA) is 34.1 Å². The number of hydrogen-bond donors (Lipinski definition) is 0. The maximum Gasteiger partial charge on any atom is 0.141 e. The molecule has 3 heteroatoms. The fourth-order valence-electron chi connectivity index (χ4n) is 1.82. The zero-order valence-corrected chi connectivity index (χ0v) is 8.39. The van der Waals surface area contributed by atoms with Crippen molar-refractivity contribution in [3.8, 4) is 0 Å². The molecule has 66 valence electrons. The first-order chi connectivity index (χ1) is 5.23. The molecular formula is C9H15BO2. The van der Waals surface area contributed by atoms with Gasteiger partial charge in [0.15, 0.2) is 0 Å². The second-order valence-corrected chi connectivity index (χ2v) is 4.70. The molecule has 1 aliphatic rings. The van der Waals surface area contributed by atoms with Gasteiger partial charge in [0.1, 0.15) is 19.4 Å². The van der Waals surface area contributed by atoms with E-state index in [1.165, 1.54) is 0 Å². The number of carbonyl (C=O) groups excluding carboxylic acids is 2. The molecule has 2 nitrogen and oxygen atoms in total. The van der Waals surface area contributed by atoms with E-state index in [1.807, 2.05) is 27.7 Å². The predicted molar refractivity (Wildman–Crippen MR) is 49.9 cm³/mol. The average Bonchev–Trinajstić information content (AvgIpc) is 2.05. The van der Waals surface area contributed by atoms with Gasteiger partial charge in [-0.25, -0.2) is 0 Å². The lowest BCUT2D eigenvalue weighted by atomic mass is 9.70. The standard InChI is InChI=1S/C9H15BO2/c1-8(2)6(11)5(10)7(12)9(8,3)4/h5H,10H2,1-4H3. The molecular weight excluding hydrogens is 151 g/mol. The summed E-state index contributed by atoms with van der Waals surface area (Å²) in [5.41, 5.74) is -0.993. The molecule has 0 radical (unpaired) electrons. The summed E-state index contributed by atoms with van der Waals surface area (Å²) >= 11 is 0. The van der Waals surface area contributed by atoms with E-state index in [4.69, 9.17) is 0 Å². The number of ketones is 2. The molecule has 0 amide bonds. The lowest BCUT2D eigenvalue weighted by Gasteiger charge is -2.31. The minimum Gasteiger partial charge on any atom is -0.299 e. The molecule has 0 aliphatic heterocycles. The van der Waals surface area contributed by atoms with E-state index in [-0.39, 0.29) is 11.6 Å². The molecule has 1 saturated carbocycles. The SMILES string of the molecule is BC1C(=O)C(C)(C)C(C)(C)C1=O. The first-order valence-electron chi connectivity index (χ1n) is 4.31. The van der Waals surface area contributed by atoms with E-state index >= 15 is 0 Å². The summed E-state index contributed by atoms with van der Waals surface area (Å²) in [4.78, 5) is 23.3. The summed E-state index contributed by atoms with van der Waals surface area (Å²) in [5, 5.41) is 0. The van der Waals surface area contributed by atoms with Crippen molar-refractivity contribution in [3.05, 3.63) is 0 Å². The third kappa shape index (κ3) is 0.823. The van der Waals surface area contributed by atoms with Crippen molar-refractivity contribution in [3.63, 3.8) is 0 Å². The van der Waals surface area contributed by atoms with Crippen LogP contribution in [0.15, 0.2) is 0 Å². The molecule has 1 aliphatic carbocycles. The van der Waals surface area contributed by atoms with Gasteiger partial charge in [-0.3, -0.25) is 9.59 Å². The van der Waals surface area contributed by atoms with E-state index in [2.05, 4.69) is 0 Å². The van der Waals surface area contributed by atoms with Gasteiger partial charge < -0.3 is 0 Å². The van der Waals surface area contributed by atoms with Gasteiger partial charge in [-0.2, -0.15) is 0 Å². The normalized spacial score (nSPS) is 28.0. The summed E-state index contributed by atoms with van der Waals surface area (Å²) in [6.45, 7) is 7.43. The van der Waals surface area contributed by atoms with E-state index < -0.39 is 16.6 Å². The zero-order chi connectivity index (χ0) is 9.73. The monoisotopic (exact) mass is 166 g/mol. The van der Waals surface area contributed by atoms with E-state index in [1.54, 1.807) is 7.85 Å². The third-order valence-corrected chi connectivity index (χ3v) is 3.58. The first-order valence-corrected chi connectivity index (χ1v) is 4.31. The van der Waals surface area contributed by atoms with Crippen molar-refractivity contribution in [1.82, 2.24) is 0 Å². The molecule has 0 aromatic rings. The van der Waals surface area contributed by atoms with Crippen molar-refractivity contribution in [1.29, 1.82) is 0 Å². The predicted octanol–water partition coefficient (Wildman–Crippen LogP) is 0.612. The Morgan fingerprint density at radius 1 is 1.00 bits per heavy atom. The van der Waals surface area contributed by atoms with Crippen LogP contribution in [0.4, 0.5) is 0 Å². The van der Waals surface area contributed by atoms with Crippen LogP contribution in [0.1, 0.15) is 27.7 Å². The molecule has 0 spiro atoms. The maximum atomic E-state index is 11.6. The second-order valence-electron chi connectivity index (χ2n) is 4.70. The van der Waals surface area contributed by atoms with Crippen LogP contribution in [0.5, 0.6) is 0 Å². The van der Waals surface area contributed by atoms with Gasteiger partial charge in [-0.05, 0) is 0 Å². The summed E-state index contributed by atoms with van der Waals surface area (Å²) < 4.78 is 0. The summed E-state index contributed by atoms with van der Waals surface area (Å²) in [6, 6.07) is 0. The fraction of sp³-hybridized carbons (Fsp3) is 0.778. The Labute approximate surface area is 74.1 Å². The first kappa shape index (κ1) is 9.49. The van der Waals surface area contributed by atoms with Gasteiger partial charge in [0.2, 0.25) is 0 Å². The van der Waals surface area contributed by atoms with Crippen LogP contribution >= 0.6 is 0 Å². The Bertz CT molecular complexity index is 227. The highest BCUT2D eigenvalue weighted by Crippen LogP contribution is 2.50. The minimum absolute atomic E-state index is 0.0810. The highest BCUT2D eigenvalue weighted by Gasteiger charge is 2.57. The summed E-state index contributed by atoms with van der Waals surface area (Å²) in [7, 11) is 1.71. The quantitative estimate of drug-likeness (QED) is 0.390. The zero-order valence-electron chi connectivity index (χ0n) is 8.39. The van der Waals surface area contributed by atoms with Crippen LogP contribution in [0.3, 0.4) is 0 Å². The largest absolute Gasteiger partial charge is 0.299 e. The highest BCUT2D eigenvalue weighted by atomic mass is 16.2. The van der Waals surface area contributed by atoms with Crippen molar-refractivity contribution in [2.45, 2.75) is 33.5 Å². The molecule has 0 unspecified atom stereocenters. The van der Waals surface area contributed by atoms with Crippen LogP contribution in [-0.2, 0) is 9.59 Å². The number of rotatable bonds is 0. The smallest absolute Gasteiger partial charge is 0.141 e. The van der Waals surface area contributed by atoms with Crippen LogP contribution in [0.2, 0.25) is 5.82 Å². The molecule has 0 atom stereocenters. The molecule has 1 rings (SSSR count). The minimum atomic E-state index is -0.497. The van der Waals surface area contributed by atoms with Crippen molar-refractivity contribution >= 4 is 19.4 Å². The van der Waals surface area contributed by atoms with Crippen molar-refractivity contribution in [2.75, 3.05) is 0 Å². The lowest BCUT2D eigenvalue weighted by Crippen LogP contribution is -2.35. The molecule has 0 N–H and O–H groups in total. The van der Waals surface area contributed by atoms with Crippen LogP contribution < -0.4 is 0 Å². The molecule has 0 bridgehead atoms. The Morgan fingerprint density at radius 3 is 1.33 bits per heavy atom. The summed E-state index contributed by atoms with van der Waals surface area (Å²) in [6.07, 6.45) is 0. The highest BCUT2D eigenvalue weighted by molar-refractivity contribution is 6.41. The number of hydrogen-bond acceptors (Lipinski definition) is 2. The van der Waals surface area contributed by atoms with Crippen LogP contribution in [0.25, 0.3) is 0 Å². The van der Waals surface area contributed by atoms with Gasteiger partial charge >= 0.3 is 0 Å². The number of Topliss-reactive ketones (excluding diaryl/α,β-unsaturated/α-hetero) is 2. The molecule has 12 heavy (non-hydrogen) atoms. The Morgan fingerprint density at radius 2 is 1.25 bits per heavy atom. The van der Waals surface area contributed by atoms with Gasteiger partial charge in [0.25, 0.3) is 0 Å². The van der Waals surface area contributed by atoms with Gasteiger partial charge in [0.05, 0.1) is 0 Å². The number of carbonyl (C=O) groups is 2. The third-order valence-electron chi connectivity index (χ3n) is 3.58. The molecule has 1 fully saturated rings. The molecule has 0 saturated heterocycles. The Balaban J connectivity index is 3.24. The second kappa shape index (κ2) is 2.21. The van der Waals surface area contributed by atoms with Crippen LogP contribution in [0, 0.1) is 10.8 Å². The molecule has 0 heterocycles. The molecule has 0 aromatic carbocycles. The van der Waals surface area contributed by atoms with Crippen molar-refractivity contribution in [2.24, 2.45) is 10.8 Å². The average molecular weight is 166 g/mol. The molecule has 0 aromatic heterocycles. The van der Waals surface area contributed by atoms with Crippen molar-refractivity contribution < 1.29 is 9.59 Å². The Kier molecular flexibility index (Phi) is 1.75. The maximum absolute atomic E-state index is 11.6. The summed E-state index contributed by atoms with van der Waals surface area (Å²) in [5.74, 6) is -0.245. The van der Waals surface area contributed by atoms with Gasteiger partial charge in [-0.15, -0.1) is 0 Å². The van der Waals surface area contributed by atoms with Gasteiger partial charge in [0, 0.05) is 16.6 Å². The van der Waals surface area contributed by atoms with E-state index in [0.717, 1.165) is 0 Å².